The Hall–Kier alpha value is -1.48. The minimum Gasteiger partial charge on any atom is -0.294 e. The number of aromatic nitrogens is 1. The van der Waals surface area contributed by atoms with E-state index >= 15 is 0 Å². The summed E-state index contributed by atoms with van der Waals surface area (Å²) in [5.74, 6) is 0.0949. The van der Waals surface area contributed by atoms with Crippen LogP contribution in [0.4, 0.5) is 0 Å². The highest BCUT2D eigenvalue weighted by Crippen LogP contribution is 2.15. The van der Waals surface area contributed by atoms with Gasteiger partial charge in [-0.2, -0.15) is 0 Å². The summed E-state index contributed by atoms with van der Waals surface area (Å²) < 4.78 is 0.828. The third kappa shape index (κ3) is 3.05. The standard InChI is InChI=1S/C15H14BrNO/c1-10-3-4-11(2)12(5-10)7-15(18)13-6-14(16)9-17-8-13/h3-6,8-9H,7H2,1-2H3. The smallest absolute Gasteiger partial charge is 0.168 e. The molecule has 0 bridgehead atoms. The Kier molecular flexibility index (Phi) is 3.92. The van der Waals surface area contributed by atoms with Crippen LogP contribution in [-0.4, -0.2) is 10.8 Å². The van der Waals surface area contributed by atoms with Crippen molar-refractivity contribution in [1.82, 2.24) is 4.98 Å². The summed E-state index contributed by atoms with van der Waals surface area (Å²) in [6.07, 6.45) is 3.71. The number of ketones is 1. The predicted molar refractivity (Wildman–Crippen MR) is 75.9 cm³/mol. The number of halogens is 1. The largest absolute Gasteiger partial charge is 0.294 e. The number of carbonyl (C=O) groups excluding carboxylic acids is 1. The van der Waals surface area contributed by atoms with Crippen LogP contribution in [0.5, 0.6) is 0 Å². The number of aryl methyl sites for hydroxylation is 2. The fraction of sp³-hybridized carbons (Fsp3) is 0.200. The molecule has 2 nitrogen and oxygen atoms in total. The molecule has 0 aliphatic rings. The van der Waals surface area contributed by atoms with Gasteiger partial charge in [-0.05, 0) is 47.0 Å². The van der Waals surface area contributed by atoms with E-state index in [1.807, 2.05) is 13.8 Å². The molecule has 2 aromatic rings. The van der Waals surface area contributed by atoms with E-state index in [1.165, 1.54) is 5.56 Å². The van der Waals surface area contributed by atoms with Crippen molar-refractivity contribution in [3.63, 3.8) is 0 Å². The van der Waals surface area contributed by atoms with E-state index in [4.69, 9.17) is 0 Å². The van der Waals surface area contributed by atoms with Crippen molar-refractivity contribution < 1.29 is 4.79 Å². The number of hydrogen-bond donors (Lipinski definition) is 0. The Morgan fingerprint density at radius 3 is 2.72 bits per heavy atom. The monoisotopic (exact) mass is 303 g/mol. The second-order valence-electron chi connectivity index (χ2n) is 4.42. The van der Waals surface area contributed by atoms with E-state index in [-0.39, 0.29) is 5.78 Å². The van der Waals surface area contributed by atoms with E-state index < -0.39 is 0 Å². The van der Waals surface area contributed by atoms with Gasteiger partial charge in [0.15, 0.2) is 5.78 Å². The lowest BCUT2D eigenvalue weighted by Crippen LogP contribution is -2.05. The van der Waals surface area contributed by atoms with Crippen LogP contribution in [0.2, 0.25) is 0 Å². The Bertz CT molecular complexity index is 593. The minimum absolute atomic E-state index is 0.0949. The average molecular weight is 304 g/mol. The summed E-state index contributed by atoms with van der Waals surface area (Å²) in [7, 11) is 0. The first-order valence-corrected chi connectivity index (χ1v) is 6.55. The number of benzene rings is 1. The molecule has 1 heterocycles. The Labute approximate surface area is 115 Å². The molecule has 1 aromatic heterocycles. The normalized spacial score (nSPS) is 10.4. The fourth-order valence-corrected chi connectivity index (χ4v) is 2.19. The first-order chi connectivity index (χ1) is 8.56. The number of pyridine rings is 1. The van der Waals surface area contributed by atoms with Crippen LogP contribution in [0.3, 0.4) is 0 Å². The Balaban J connectivity index is 2.24. The van der Waals surface area contributed by atoms with E-state index in [9.17, 15) is 4.79 Å². The summed E-state index contributed by atoms with van der Waals surface area (Å²) >= 11 is 3.33. The molecule has 0 spiro atoms. The van der Waals surface area contributed by atoms with Crippen molar-refractivity contribution in [2.75, 3.05) is 0 Å². The van der Waals surface area contributed by atoms with Crippen molar-refractivity contribution in [2.24, 2.45) is 0 Å². The van der Waals surface area contributed by atoms with Gasteiger partial charge in [0.2, 0.25) is 0 Å². The summed E-state index contributed by atoms with van der Waals surface area (Å²) in [6.45, 7) is 4.06. The van der Waals surface area contributed by atoms with Crippen molar-refractivity contribution in [3.8, 4) is 0 Å². The highest BCUT2D eigenvalue weighted by atomic mass is 79.9. The second-order valence-corrected chi connectivity index (χ2v) is 5.34. The third-order valence-corrected chi connectivity index (χ3v) is 3.32. The van der Waals surface area contributed by atoms with E-state index in [0.29, 0.717) is 12.0 Å². The highest BCUT2D eigenvalue weighted by molar-refractivity contribution is 9.10. The van der Waals surface area contributed by atoms with Gasteiger partial charge in [0, 0.05) is 28.9 Å². The molecule has 3 heteroatoms. The van der Waals surface area contributed by atoms with Gasteiger partial charge in [0.25, 0.3) is 0 Å². The average Bonchev–Trinajstić information content (AvgIpc) is 2.34. The molecule has 0 saturated carbocycles. The van der Waals surface area contributed by atoms with E-state index in [0.717, 1.165) is 15.6 Å². The fourth-order valence-electron chi connectivity index (χ4n) is 1.83. The van der Waals surface area contributed by atoms with Gasteiger partial charge >= 0.3 is 0 Å². The lowest BCUT2D eigenvalue weighted by Gasteiger charge is -2.06. The number of hydrogen-bond acceptors (Lipinski definition) is 2. The first-order valence-electron chi connectivity index (χ1n) is 5.76. The van der Waals surface area contributed by atoms with Gasteiger partial charge in [0.1, 0.15) is 0 Å². The molecule has 0 atom stereocenters. The van der Waals surface area contributed by atoms with Gasteiger partial charge in [-0.15, -0.1) is 0 Å². The SMILES string of the molecule is Cc1ccc(C)c(CC(=O)c2cncc(Br)c2)c1. The maximum atomic E-state index is 12.2. The van der Waals surface area contributed by atoms with Gasteiger partial charge in [0.05, 0.1) is 0 Å². The van der Waals surface area contributed by atoms with Crippen molar-refractivity contribution in [1.29, 1.82) is 0 Å². The van der Waals surface area contributed by atoms with E-state index in [1.54, 1.807) is 18.5 Å². The topological polar surface area (TPSA) is 30.0 Å². The molecule has 92 valence electrons. The molecule has 0 fully saturated rings. The maximum absolute atomic E-state index is 12.2. The molecular formula is C15H14BrNO. The lowest BCUT2D eigenvalue weighted by molar-refractivity contribution is 0.0992. The van der Waals surface area contributed by atoms with Gasteiger partial charge < -0.3 is 0 Å². The van der Waals surface area contributed by atoms with Crippen LogP contribution < -0.4 is 0 Å². The summed E-state index contributed by atoms with van der Waals surface area (Å²) in [4.78, 5) is 16.2. The number of rotatable bonds is 3. The zero-order valence-electron chi connectivity index (χ0n) is 10.4. The molecule has 0 aliphatic heterocycles. The number of Topliss-reactive ketones (excluding diaryl/α,β-unsaturated/α-hetero) is 1. The molecule has 0 radical (unpaired) electrons. The van der Waals surface area contributed by atoms with Crippen LogP contribution in [-0.2, 0) is 6.42 Å². The second kappa shape index (κ2) is 5.44. The first kappa shape index (κ1) is 13.0. The van der Waals surface area contributed by atoms with Crippen LogP contribution in [0.1, 0.15) is 27.0 Å². The zero-order chi connectivity index (χ0) is 13.1. The molecule has 18 heavy (non-hydrogen) atoms. The van der Waals surface area contributed by atoms with Crippen LogP contribution in [0.25, 0.3) is 0 Å². The van der Waals surface area contributed by atoms with Crippen molar-refractivity contribution in [3.05, 3.63) is 63.4 Å². The zero-order valence-corrected chi connectivity index (χ0v) is 12.0. The molecule has 0 saturated heterocycles. The summed E-state index contributed by atoms with van der Waals surface area (Å²) in [6, 6.07) is 7.99. The molecule has 0 unspecified atom stereocenters. The Morgan fingerprint density at radius 2 is 2.00 bits per heavy atom. The van der Waals surface area contributed by atoms with Gasteiger partial charge in [-0.25, -0.2) is 0 Å². The van der Waals surface area contributed by atoms with Gasteiger partial charge in [-0.1, -0.05) is 23.8 Å². The number of nitrogens with zero attached hydrogens (tertiary/aromatic N) is 1. The molecule has 0 amide bonds. The van der Waals surface area contributed by atoms with Crippen molar-refractivity contribution >= 4 is 21.7 Å². The van der Waals surface area contributed by atoms with E-state index in [2.05, 4.69) is 39.1 Å². The molecule has 0 aliphatic carbocycles. The van der Waals surface area contributed by atoms with Crippen LogP contribution in [0, 0.1) is 13.8 Å². The quantitative estimate of drug-likeness (QED) is 0.805. The molecule has 1 aromatic carbocycles. The number of carbonyl (C=O) groups is 1. The van der Waals surface area contributed by atoms with Crippen LogP contribution in [0.15, 0.2) is 41.1 Å². The molecule has 2 rings (SSSR count). The third-order valence-electron chi connectivity index (χ3n) is 2.88. The van der Waals surface area contributed by atoms with Crippen LogP contribution >= 0.6 is 15.9 Å². The highest BCUT2D eigenvalue weighted by Gasteiger charge is 2.09. The van der Waals surface area contributed by atoms with Gasteiger partial charge in [-0.3, -0.25) is 9.78 Å². The van der Waals surface area contributed by atoms with Crippen molar-refractivity contribution in [2.45, 2.75) is 20.3 Å². The Morgan fingerprint density at radius 1 is 1.22 bits per heavy atom. The molecule has 0 N–H and O–H groups in total. The maximum Gasteiger partial charge on any atom is 0.168 e. The predicted octanol–water partition coefficient (Wildman–Crippen LogP) is 3.89. The lowest BCUT2D eigenvalue weighted by atomic mass is 9.98. The summed E-state index contributed by atoms with van der Waals surface area (Å²) in [5.41, 5.74) is 4.05. The summed E-state index contributed by atoms with van der Waals surface area (Å²) in [5, 5.41) is 0. The molecular weight excluding hydrogens is 290 g/mol. The minimum atomic E-state index is 0.0949.